The number of ether oxygens (including phenoxy) is 3. The third kappa shape index (κ3) is 15.9. The van der Waals surface area contributed by atoms with Crippen molar-refractivity contribution in [2.45, 2.75) is 124 Å². The molecule has 1 unspecified atom stereocenters. The Labute approximate surface area is 334 Å². The number of hydrogen-bond acceptors (Lipinski definition) is 10. The van der Waals surface area contributed by atoms with Crippen molar-refractivity contribution in [3.63, 3.8) is 0 Å². The number of esters is 1. The molecule has 0 aliphatic carbocycles. The summed E-state index contributed by atoms with van der Waals surface area (Å²) in [5.74, 6) is -1.52. The molecule has 0 aliphatic rings. The van der Waals surface area contributed by atoms with Crippen LogP contribution in [-0.2, 0) is 35.0 Å². The average molecular weight is 788 g/mol. The number of carbonyl (C=O) groups excluding carboxylic acids is 4. The molecule has 0 saturated carbocycles. The van der Waals surface area contributed by atoms with E-state index in [-0.39, 0.29) is 66.0 Å². The Morgan fingerprint density at radius 1 is 0.927 bits per heavy atom. The molecule has 3 N–H and O–H groups in total. The first-order valence-electron chi connectivity index (χ1n) is 20.0. The second-order valence-corrected chi connectivity index (χ2v) is 16.0. The number of thiazole rings is 1. The van der Waals surface area contributed by atoms with Gasteiger partial charge in [-0.2, -0.15) is 0 Å². The first-order chi connectivity index (χ1) is 26.3. The average Bonchev–Trinajstić information content (AvgIpc) is 3.67. The lowest BCUT2D eigenvalue weighted by Crippen LogP contribution is -2.56. The van der Waals surface area contributed by atoms with E-state index in [1.54, 1.807) is 19.4 Å². The molecule has 55 heavy (non-hydrogen) atoms. The summed E-state index contributed by atoms with van der Waals surface area (Å²) in [5.41, 5.74) is 1.28. The highest BCUT2D eigenvalue weighted by molar-refractivity contribution is 7.09. The lowest BCUT2D eigenvalue weighted by Gasteiger charge is -2.39. The summed E-state index contributed by atoms with van der Waals surface area (Å²) < 4.78 is 16.5. The van der Waals surface area contributed by atoms with Gasteiger partial charge in [-0.3, -0.25) is 19.2 Å². The SMILES string of the molecule is CCCN(C(=O)[C@@H](NC(=O)[C@H](C)CCCCNC)C(C)CC)[C@H](C[C@@H](OCOC)c1nc(C(=O)N[C@@H](Cc2ccccc2)C[C@H](C)C(=O)OC)cs1)C(C)C. The molecule has 310 valence electrons. The van der Waals surface area contributed by atoms with Gasteiger partial charge in [-0.25, -0.2) is 4.98 Å². The summed E-state index contributed by atoms with van der Waals surface area (Å²) in [6.07, 6.45) is 4.93. The summed E-state index contributed by atoms with van der Waals surface area (Å²) in [6, 6.07) is 8.55. The first kappa shape index (κ1) is 47.8. The molecule has 3 amide bonds. The molecule has 0 radical (unpaired) electrons. The highest BCUT2D eigenvalue weighted by Gasteiger charge is 2.37. The number of aromatic nitrogens is 1. The van der Waals surface area contributed by atoms with Gasteiger partial charge in [0.05, 0.1) is 13.0 Å². The van der Waals surface area contributed by atoms with Gasteiger partial charge in [0.2, 0.25) is 11.8 Å². The van der Waals surface area contributed by atoms with Crippen LogP contribution in [0.4, 0.5) is 0 Å². The van der Waals surface area contributed by atoms with E-state index in [1.165, 1.54) is 18.4 Å². The Morgan fingerprint density at radius 2 is 1.64 bits per heavy atom. The molecule has 13 heteroatoms. The Morgan fingerprint density at radius 3 is 2.24 bits per heavy atom. The molecule has 1 aromatic heterocycles. The van der Waals surface area contributed by atoms with Crippen molar-refractivity contribution in [2.24, 2.45) is 23.7 Å². The van der Waals surface area contributed by atoms with E-state index in [4.69, 9.17) is 19.2 Å². The standard InChI is InChI=1S/C42H69N5O7S/c1-11-22-47(41(50)37(29(5)12-2)46-38(48)30(6)18-16-17-21-43-8)35(28(3)4)25-36(54-27-52-9)40-45-34(26-55-40)39(49)44-33(23-31(7)42(51)53-10)24-32-19-14-13-15-20-32/h13-15,19-20,26,28-31,33,35-37,43H,11-12,16-18,21-25,27H2,1-10H3,(H,44,49)(H,46,48)/t29?,30-,31+,33-,35-,36-,37+/m1/s1. The van der Waals surface area contributed by atoms with Crippen LogP contribution in [0.25, 0.3) is 0 Å². The number of hydrogen-bond donors (Lipinski definition) is 3. The van der Waals surface area contributed by atoms with Gasteiger partial charge in [-0.15, -0.1) is 11.3 Å². The number of unbranched alkanes of at least 4 members (excludes halogenated alkanes) is 1. The number of carbonyl (C=O) groups is 4. The first-order valence-corrected chi connectivity index (χ1v) is 20.9. The third-order valence-corrected chi connectivity index (χ3v) is 11.2. The summed E-state index contributed by atoms with van der Waals surface area (Å²) >= 11 is 1.32. The monoisotopic (exact) mass is 787 g/mol. The number of amides is 3. The fourth-order valence-corrected chi connectivity index (χ4v) is 7.56. The molecule has 0 aliphatic heterocycles. The zero-order valence-electron chi connectivity index (χ0n) is 35.0. The van der Waals surface area contributed by atoms with Crippen LogP contribution in [0.3, 0.4) is 0 Å². The fourth-order valence-electron chi connectivity index (χ4n) is 6.71. The molecule has 0 saturated heterocycles. The van der Waals surface area contributed by atoms with Crippen molar-refractivity contribution in [3.05, 3.63) is 52.0 Å². The van der Waals surface area contributed by atoms with E-state index in [9.17, 15) is 19.2 Å². The minimum absolute atomic E-state index is 0.000635. The van der Waals surface area contributed by atoms with Crippen LogP contribution in [0.5, 0.6) is 0 Å². The van der Waals surface area contributed by atoms with E-state index in [0.717, 1.165) is 44.2 Å². The lowest BCUT2D eigenvalue weighted by molar-refractivity contribution is -0.145. The van der Waals surface area contributed by atoms with Crippen molar-refractivity contribution >= 4 is 35.0 Å². The van der Waals surface area contributed by atoms with Crippen LogP contribution in [0, 0.1) is 23.7 Å². The normalized spacial score (nSPS) is 15.3. The van der Waals surface area contributed by atoms with E-state index in [1.807, 2.05) is 70.0 Å². The van der Waals surface area contributed by atoms with Crippen LogP contribution in [0.1, 0.15) is 121 Å². The van der Waals surface area contributed by atoms with Crippen molar-refractivity contribution < 1.29 is 33.4 Å². The van der Waals surface area contributed by atoms with Gasteiger partial charge in [0, 0.05) is 43.5 Å². The largest absolute Gasteiger partial charge is 0.469 e. The number of methoxy groups -OCH3 is 2. The van der Waals surface area contributed by atoms with Crippen LogP contribution < -0.4 is 16.0 Å². The highest BCUT2D eigenvalue weighted by atomic mass is 32.1. The zero-order chi connectivity index (χ0) is 40.9. The smallest absolute Gasteiger partial charge is 0.308 e. The third-order valence-electron chi connectivity index (χ3n) is 10.2. The number of rotatable bonds is 27. The van der Waals surface area contributed by atoms with Crippen LogP contribution in [-0.4, -0.2) is 92.8 Å². The molecular formula is C42H69N5O7S. The van der Waals surface area contributed by atoms with Gasteiger partial charge < -0.3 is 35.1 Å². The summed E-state index contributed by atoms with van der Waals surface area (Å²) in [6.45, 7) is 15.4. The number of nitrogens with one attached hydrogen (secondary N) is 3. The summed E-state index contributed by atoms with van der Waals surface area (Å²) in [7, 11) is 4.83. The molecule has 2 aromatic rings. The molecule has 0 fully saturated rings. The maximum atomic E-state index is 14.6. The molecule has 0 spiro atoms. The van der Waals surface area contributed by atoms with Gasteiger partial charge in [-0.1, -0.05) is 91.6 Å². The molecule has 12 nitrogen and oxygen atoms in total. The van der Waals surface area contributed by atoms with E-state index in [0.29, 0.717) is 30.8 Å². The van der Waals surface area contributed by atoms with E-state index < -0.39 is 18.1 Å². The Hall–Kier alpha value is -3.39. The van der Waals surface area contributed by atoms with Gasteiger partial charge in [0.1, 0.15) is 29.6 Å². The quantitative estimate of drug-likeness (QED) is 0.0521. The van der Waals surface area contributed by atoms with Crippen LogP contribution in [0.15, 0.2) is 35.7 Å². The Bertz CT molecular complexity index is 1420. The minimum atomic E-state index is -0.663. The fraction of sp³-hybridized carbons (Fsp3) is 0.690. The molecule has 1 aromatic carbocycles. The van der Waals surface area contributed by atoms with Crippen molar-refractivity contribution in [1.29, 1.82) is 0 Å². The zero-order valence-corrected chi connectivity index (χ0v) is 35.8. The Kier molecular flexibility index (Phi) is 22.3. The van der Waals surface area contributed by atoms with Crippen molar-refractivity contribution in [1.82, 2.24) is 25.8 Å². The van der Waals surface area contributed by atoms with E-state index >= 15 is 0 Å². The van der Waals surface area contributed by atoms with Gasteiger partial charge in [0.15, 0.2) is 0 Å². The predicted octanol–water partition coefficient (Wildman–Crippen LogP) is 6.56. The summed E-state index contributed by atoms with van der Waals surface area (Å²) in [5, 5.41) is 11.7. The van der Waals surface area contributed by atoms with Gasteiger partial charge in [0.25, 0.3) is 5.91 Å². The van der Waals surface area contributed by atoms with Gasteiger partial charge >= 0.3 is 5.97 Å². The second kappa shape index (κ2) is 25.7. The maximum Gasteiger partial charge on any atom is 0.308 e. The molecular weight excluding hydrogens is 719 g/mol. The van der Waals surface area contributed by atoms with Crippen LogP contribution >= 0.6 is 11.3 Å². The van der Waals surface area contributed by atoms with E-state index in [2.05, 4.69) is 29.8 Å². The molecule has 0 bridgehead atoms. The number of nitrogens with zero attached hydrogens (tertiary/aromatic N) is 2. The lowest BCUT2D eigenvalue weighted by atomic mass is 9.91. The molecule has 1 heterocycles. The van der Waals surface area contributed by atoms with Crippen molar-refractivity contribution in [2.75, 3.05) is 41.1 Å². The predicted molar refractivity (Wildman–Crippen MR) is 219 cm³/mol. The van der Waals surface area contributed by atoms with Crippen LogP contribution in [0.2, 0.25) is 0 Å². The number of benzene rings is 1. The summed E-state index contributed by atoms with van der Waals surface area (Å²) in [4.78, 5) is 60.6. The molecule has 7 atom stereocenters. The topological polar surface area (TPSA) is 148 Å². The van der Waals surface area contributed by atoms with Crippen molar-refractivity contribution in [3.8, 4) is 0 Å². The Balaban J connectivity index is 2.36. The van der Waals surface area contributed by atoms with Gasteiger partial charge in [-0.05, 0) is 63.1 Å². The minimum Gasteiger partial charge on any atom is -0.469 e. The maximum absolute atomic E-state index is 14.6. The molecule has 2 rings (SSSR count). The highest BCUT2D eigenvalue weighted by Crippen LogP contribution is 2.32. The second-order valence-electron chi connectivity index (χ2n) is 15.1.